The maximum Gasteiger partial charge on any atom is 0.410 e. The fourth-order valence-electron chi connectivity index (χ4n) is 1.78. The lowest BCUT2D eigenvalue weighted by Crippen LogP contribution is -2.33. The van der Waals surface area contributed by atoms with Gasteiger partial charge in [0.15, 0.2) is 0 Å². The number of carbonyl (C=O) groups is 1. The molecule has 1 fully saturated rings. The fourth-order valence-corrected chi connectivity index (χ4v) is 2.10. The van der Waals surface area contributed by atoms with Crippen molar-refractivity contribution < 1.29 is 14.6 Å². The lowest BCUT2D eigenvalue weighted by Gasteiger charge is -2.21. The Morgan fingerprint density at radius 3 is 2.68 bits per heavy atom. The highest BCUT2D eigenvalue weighted by atomic mass is 35.5. The summed E-state index contributed by atoms with van der Waals surface area (Å²) in [6, 6.07) is 5.52. The molecular formula is C13H15Cl2NO3. The predicted molar refractivity (Wildman–Crippen MR) is 73.5 cm³/mol. The number of hydrogen-bond donors (Lipinski definition) is 1. The number of ether oxygens (including phenoxy) is 1. The van der Waals surface area contributed by atoms with Crippen LogP contribution in [0.15, 0.2) is 18.2 Å². The molecule has 1 aromatic carbocycles. The van der Waals surface area contributed by atoms with Crippen molar-refractivity contribution in [3.05, 3.63) is 33.8 Å². The van der Waals surface area contributed by atoms with Gasteiger partial charge in [-0.2, -0.15) is 0 Å². The van der Waals surface area contributed by atoms with Crippen molar-refractivity contribution in [3.63, 3.8) is 0 Å². The lowest BCUT2D eigenvalue weighted by molar-refractivity contribution is 0.0797. The van der Waals surface area contributed by atoms with Crippen LogP contribution in [0.1, 0.15) is 18.4 Å². The molecule has 1 saturated carbocycles. The molecule has 2 rings (SSSR count). The maximum absolute atomic E-state index is 11.9. The van der Waals surface area contributed by atoms with E-state index in [1.54, 1.807) is 17.0 Å². The maximum atomic E-state index is 11.9. The number of aliphatic hydroxyl groups is 1. The number of halogens is 2. The van der Waals surface area contributed by atoms with Gasteiger partial charge in [0.2, 0.25) is 0 Å². The Balaban J connectivity index is 2.03. The largest absolute Gasteiger partial charge is 0.447 e. The zero-order valence-corrected chi connectivity index (χ0v) is 11.8. The molecule has 0 saturated heterocycles. The SMILES string of the molecule is O=C(OCCO)N(Cc1ccc(Cl)c(Cl)c1)C1CC1. The molecule has 104 valence electrons. The van der Waals surface area contributed by atoms with Crippen molar-refractivity contribution in [1.29, 1.82) is 0 Å². The Bertz CT molecular complexity index is 463. The number of aliphatic hydroxyl groups excluding tert-OH is 1. The minimum Gasteiger partial charge on any atom is -0.447 e. The number of carbonyl (C=O) groups excluding carboxylic acids is 1. The number of rotatable bonds is 5. The molecule has 6 heteroatoms. The van der Waals surface area contributed by atoms with Crippen LogP contribution in [0.3, 0.4) is 0 Å². The summed E-state index contributed by atoms with van der Waals surface area (Å²) in [4.78, 5) is 13.5. The molecule has 0 atom stereocenters. The second kappa shape index (κ2) is 6.46. The fraction of sp³-hybridized carbons (Fsp3) is 0.462. The van der Waals surface area contributed by atoms with Gasteiger partial charge in [-0.15, -0.1) is 0 Å². The van der Waals surface area contributed by atoms with Crippen LogP contribution in [0, 0.1) is 0 Å². The second-order valence-corrected chi connectivity index (χ2v) is 5.26. The summed E-state index contributed by atoms with van der Waals surface area (Å²) >= 11 is 11.8. The summed E-state index contributed by atoms with van der Waals surface area (Å²) in [6.45, 7) is 0.284. The molecule has 1 N–H and O–H groups in total. The standard InChI is InChI=1S/C13H15Cl2NO3/c14-11-4-1-9(7-12(11)15)8-16(10-2-3-10)13(18)19-6-5-17/h1,4,7,10,17H,2-3,5-6,8H2. The summed E-state index contributed by atoms with van der Waals surface area (Å²) in [5.41, 5.74) is 0.905. The van der Waals surface area contributed by atoms with Gasteiger partial charge in [-0.3, -0.25) is 0 Å². The first-order valence-corrected chi connectivity index (χ1v) is 6.85. The highest BCUT2D eigenvalue weighted by Crippen LogP contribution is 2.30. The monoisotopic (exact) mass is 303 g/mol. The van der Waals surface area contributed by atoms with Crippen molar-refractivity contribution in [2.45, 2.75) is 25.4 Å². The predicted octanol–water partition coefficient (Wildman–Crippen LogP) is 3.09. The molecule has 1 aliphatic carbocycles. The van der Waals surface area contributed by atoms with Gasteiger partial charge in [0.1, 0.15) is 6.61 Å². The number of amides is 1. The molecule has 19 heavy (non-hydrogen) atoms. The summed E-state index contributed by atoms with van der Waals surface area (Å²) in [7, 11) is 0. The molecule has 1 aromatic rings. The molecule has 0 bridgehead atoms. The second-order valence-electron chi connectivity index (χ2n) is 4.45. The van der Waals surface area contributed by atoms with Crippen molar-refractivity contribution in [2.24, 2.45) is 0 Å². The first-order valence-electron chi connectivity index (χ1n) is 6.10. The van der Waals surface area contributed by atoms with Crippen LogP contribution in [-0.4, -0.2) is 35.4 Å². The highest BCUT2D eigenvalue weighted by molar-refractivity contribution is 6.42. The van der Waals surface area contributed by atoms with Crippen molar-refractivity contribution in [2.75, 3.05) is 13.2 Å². The molecule has 0 spiro atoms. The van der Waals surface area contributed by atoms with Crippen LogP contribution in [-0.2, 0) is 11.3 Å². The Kier molecular flexibility index (Phi) is 4.91. The number of benzene rings is 1. The number of nitrogens with zero attached hydrogens (tertiary/aromatic N) is 1. The minimum absolute atomic E-state index is 0.0173. The molecular weight excluding hydrogens is 289 g/mol. The van der Waals surface area contributed by atoms with E-state index in [-0.39, 0.29) is 19.3 Å². The smallest absolute Gasteiger partial charge is 0.410 e. The Hall–Kier alpha value is -0.970. The Morgan fingerprint density at radius 2 is 2.11 bits per heavy atom. The third-order valence-electron chi connectivity index (χ3n) is 2.88. The highest BCUT2D eigenvalue weighted by Gasteiger charge is 2.33. The minimum atomic E-state index is -0.400. The molecule has 1 amide bonds. The van der Waals surface area contributed by atoms with Gasteiger partial charge in [0.05, 0.1) is 16.7 Å². The first kappa shape index (κ1) is 14.4. The topological polar surface area (TPSA) is 49.8 Å². The average Bonchev–Trinajstić information content (AvgIpc) is 3.21. The van der Waals surface area contributed by atoms with Crippen LogP contribution in [0.4, 0.5) is 4.79 Å². The Labute approximate surface area is 121 Å². The van der Waals surface area contributed by atoms with Gasteiger partial charge in [0, 0.05) is 12.6 Å². The third kappa shape index (κ3) is 4.00. The van der Waals surface area contributed by atoms with Crippen LogP contribution in [0.25, 0.3) is 0 Å². The molecule has 0 unspecified atom stereocenters. The summed E-state index contributed by atoms with van der Waals surface area (Å²) in [6.07, 6.45) is 1.56. The molecule has 0 radical (unpaired) electrons. The van der Waals surface area contributed by atoms with E-state index in [0.29, 0.717) is 16.6 Å². The number of hydrogen-bond acceptors (Lipinski definition) is 3. The van der Waals surface area contributed by atoms with E-state index in [1.165, 1.54) is 0 Å². The van der Waals surface area contributed by atoms with Crippen LogP contribution < -0.4 is 0 Å². The summed E-state index contributed by atoms with van der Waals surface area (Å²) in [5, 5.41) is 9.64. The van der Waals surface area contributed by atoms with E-state index < -0.39 is 6.09 Å². The zero-order valence-electron chi connectivity index (χ0n) is 10.3. The molecule has 4 nitrogen and oxygen atoms in total. The summed E-state index contributed by atoms with van der Waals surface area (Å²) < 4.78 is 4.96. The third-order valence-corrected chi connectivity index (χ3v) is 3.61. The molecule has 0 heterocycles. The average molecular weight is 304 g/mol. The van der Waals surface area contributed by atoms with Gasteiger partial charge in [0.25, 0.3) is 0 Å². The normalized spacial score (nSPS) is 14.3. The lowest BCUT2D eigenvalue weighted by atomic mass is 10.2. The molecule has 0 aromatic heterocycles. The van der Waals surface area contributed by atoms with Crippen LogP contribution >= 0.6 is 23.2 Å². The quantitative estimate of drug-likeness (QED) is 0.909. The van der Waals surface area contributed by atoms with E-state index in [4.69, 9.17) is 33.0 Å². The van der Waals surface area contributed by atoms with Crippen LogP contribution in [0.5, 0.6) is 0 Å². The van der Waals surface area contributed by atoms with E-state index >= 15 is 0 Å². The van der Waals surface area contributed by atoms with Crippen molar-refractivity contribution in [3.8, 4) is 0 Å². The van der Waals surface area contributed by atoms with Gasteiger partial charge in [-0.1, -0.05) is 29.3 Å². The van der Waals surface area contributed by atoms with E-state index in [2.05, 4.69) is 0 Å². The van der Waals surface area contributed by atoms with Gasteiger partial charge in [-0.05, 0) is 30.5 Å². The summed E-state index contributed by atoms with van der Waals surface area (Å²) in [5.74, 6) is 0. The molecule has 0 aliphatic heterocycles. The Morgan fingerprint density at radius 1 is 1.37 bits per heavy atom. The van der Waals surface area contributed by atoms with E-state index in [0.717, 1.165) is 18.4 Å². The van der Waals surface area contributed by atoms with Crippen molar-refractivity contribution in [1.82, 2.24) is 4.90 Å². The van der Waals surface area contributed by atoms with Crippen molar-refractivity contribution >= 4 is 29.3 Å². The van der Waals surface area contributed by atoms with Gasteiger partial charge < -0.3 is 14.7 Å². The molecule has 1 aliphatic rings. The zero-order chi connectivity index (χ0) is 13.8. The van der Waals surface area contributed by atoms with E-state index in [1.807, 2.05) is 6.07 Å². The first-order chi connectivity index (χ1) is 9.11. The van der Waals surface area contributed by atoms with Gasteiger partial charge in [-0.25, -0.2) is 4.79 Å². The van der Waals surface area contributed by atoms with Crippen LogP contribution in [0.2, 0.25) is 10.0 Å². The van der Waals surface area contributed by atoms with E-state index in [9.17, 15) is 4.79 Å². The van der Waals surface area contributed by atoms with Gasteiger partial charge >= 0.3 is 6.09 Å².